The second-order valence-electron chi connectivity index (χ2n) is 8.04. The summed E-state index contributed by atoms with van der Waals surface area (Å²) < 4.78 is 37.1. The van der Waals surface area contributed by atoms with E-state index in [-0.39, 0.29) is 36.8 Å². The third-order valence-electron chi connectivity index (χ3n) is 5.56. The molecule has 9 nitrogen and oxygen atoms in total. The molecule has 0 unspecified atom stereocenters. The number of nitrogens with one attached hydrogen (secondary N) is 2. The predicted molar refractivity (Wildman–Crippen MR) is 133 cm³/mol. The first kappa shape index (κ1) is 27.6. The summed E-state index contributed by atoms with van der Waals surface area (Å²) in [6.45, 7) is -0.297. The minimum atomic E-state index is -0.855. The van der Waals surface area contributed by atoms with Crippen molar-refractivity contribution in [2.24, 2.45) is 0 Å². The summed E-state index contributed by atoms with van der Waals surface area (Å²) in [6.07, 6.45) is 0.730. The zero-order valence-corrected chi connectivity index (χ0v) is 20.9. The van der Waals surface area contributed by atoms with Gasteiger partial charge in [-0.3, -0.25) is 10.1 Å². The number of fused-ring (bicyclic) bond motifs is 1. The SMILES string of the molecule is COC(=O)CC[C@@H](COC(=O)Nc1cc2cc(F)ccc2cn1)N(C)C(=O)NCc1cccc(F)c1Cl. The average Bonchev–Trinajstić information content (AvgIpc) is 2.88. The lowest BCUT2D eigenvalue weighted by molar-refractivity contribution is -0.141. The van der Waals surface area contributed by atoms with E-state index in [2.05, 4.69) is 20.4 Å². The van der Waals surface area contributed by atoms with Gasteiger partial charge in [-0.15, -0.1) is 0 Å². The number of anilines is 1. The first-order chi connectivity index (χ1) is 17.7. The van der Waals surface area contributed by atoms with Gasteiger partial charge in [0.2, 0.25) is 0 Å². The number of benzene rings is 2. The number of hydrogen-bond acceptors (Lipinski definition) is 6. The zero-order valence-electron chi connectivity index (χ0n) is 20.1. The van der Waals surface area contributed by atoms with Crippen LogP contribution in [0.2, 0.25) is 5.02 Å². The first-order valence-electron chi connectivity index (χ1n) is 11.2. The van der Waals surface area contributed by atoms with E-state index >= 15 is 0 Å². The van der Waals surface area contributed by atoms with E-state index in [9.17, 15) is 23.2 Å². The molecule has 2 aromatic carbocycles. The lowest BCUT2D eigenvalue weighted by atomic mass is 10.1. The van der Waals surface area contributed by atoms with E-state index in [0.717, 1.165) is 0 Å². The van der Waals surface area contributed by atoms with Crippen LogP contribution < -0.4 is 10.6 Å². The van der Waals surface area contributed by atoms with Crippen LogP contribution in [0.1, 0.15) is 18.4 Å². The molecule has 1 aromatic heterocycles. The minimum absolute atomic E-state index is 0.0305. The number of amides is 3. The Morgan fingerprint density at radius 1 is 1.14 bits per heavy atom. The van der Waals surface area contributed by atoms with Gasteiger partial charge in [0.25, 0.3) is 0 Å². The Hall–Kier alpha value is -3.99. The standard InChI is InChI=1S/C25H25ClF2N4O5/c1-32(24(34)30-13-16-4-3-5-20(28)23(16)26)19(8-9-22(33)36-2)14-37-25(35)31-21-11-17-10-18(27)7-6-15(17)12-29-21/h3-7,10-12,19H,8-9,13-14H2,1-2H3,(H,30,34)(H,29,31,35)/t19-/m0/s1. The number of likely N-dealkylation sites (N-methyl/N-ethyl adjacent to an activating group) is 1. The molecule has 0 fully saturated rings. The Morgan fingerprint density at radius 2 is 1.92 bits per heavy atom. The molecule has 0 bridgehead atoms. The van der Waals surface area contributed by atoms with Crippen molar-refractivity contribution < 1.29 is 32.6 Å². The molecule has 196 valence electrons. The molecule has 0 aliphatic rings. The van der Waals surface area contributed by atoms with E-state index in [1.165, 1.54) is 55.6 Å². The summed E-state index contributed by atoms with van der Waals surface area (Å²) in [7, 11) is 2.70. The van der Waals surface area contributed by atoms with Crippen LogP contribution in [0.5, 0.6) is 0 Å². The van der Waals surface area contributed by atoms with Gasteiger partial charge in [-0.05, 0) is 47.7 Å². The maximum Gasteiger partial charge on any atom is 0.412 e. The molecule has 3 rings (SSSR count). The van der Waals surface area contributed by atoms with E-state index in [4.69, 9.17) is 16.3 Å². The molecule has 2 N–H and O–H groups in total. The van der Waals surface area contributed by atoms with Crippen LogP contribution in [0.3, 0.4) is 0 Å². The second-order valence-corrected chi connectivity index (χ2v) is 8.41. The third kappa shape index (κ3) is 7.74. The number of urea groups is 1. The number of hydrogen-bond donors (Lipinski definition) is 2. The molecule has 1 heterocycles. The summed E-state index contributed by atoms with van der Waals surface area (Å²) in [4.78, 5) is 42.1. The van der Waals surface area contributed by atoms with Crippen LogP contribution in [0.25, 0.3) is 10.8 Å². The Balaban J connectivity index is 1.61. The molecule has 12 heteroatoms. The highest BCUT2D eigenvalue weighted by molar-refractivity contribution is 6.31. The fourth-order valence-corrected chi connectivity index (χ4v) is 3.61. The van der Waals surface area contributed by atoms with Crippen molar-refractivity contribution in [1.29, 1.82) is 0 Å². The van der Waals surface area contributed by atoms with Crippen LogP contribution in [0, 0.1) is 11.6 Å². The highest BCUT2D eigenvalue weighted by Gasteiger charge is 2.23. The summed E-state index contributed by atoms with van der Waals surface area (Å²) in [5.41, 5.74) is 0.382. The fraction of sp³-hybridized carbons (Fsp3) is 0.280. The molecule has 0 aliphatic heterocycles. The summed E-state index contributed by atoms with van der Waals surface area (Å²) in [5, 5.41) is 6.21. The van der Waals surface area contributed by atoms with E-state index < -0.39 is 35.8 Å². The van der Waals surface area contributed by atoms with Crippen LogP contribution in [-0.4, -0.2) is 54.8 Å². The van der Waals surface area contributed by atoms with E-state index in [1.807, 2.05) is 0 Å². The number of methoxy groups -OCH3 is 1. The normalized spacial score (nSPS) is 11.5. The molecule has 0 saturated carbocycles. The molecule has 1 atom stereocenters. The van der Waals surface area contributed by atoms with E-state index in [0.29, 0.717) is 16.3 Å². The van der Waals surface area contributed by atoms with Crippen molar-refractivity contribution in [3.05, 3.63) is 70.9 Å². The van der Waals surface area contributed by atoms with Crippen molar-refractivity contribution in [3.63, 3.8) is 0 Å². The van der Waals surface area contributed by atoms with Crippen LogP contribution >= 0.6 is 11.6 Å². The van der Waals surface area contributed by atoms with Gasteiger partial charge in [-0.1, -0.05) is 23.7 Å². The van der Waals surface area contributed by atoms with Crippen molar-refractivity contribution in [2.75, 3.05) is 26.1 Å². The van der Waals surface area contributed by atoms with Crippen LogP contribution in [-0.2, 0) is 20.8 Å². The molecular formula is C25H25ClF2N4O5. The maximum absolute atomic E-state index is 13.7. The number of esters is 1. The lowest BCUT2D eigenvalue weighted by Gasteiger charge is -2.28. The fourth-order valence-electron chi connectivity index (χ4n) is 3.41. The number of halogens is 3. The monoisotopic (exact) mass is 534 g/mol. The van der Waals surface area contributed by atoms with Gasteiger partial charge in [0.05, 0.1) is 18.2 Å². The highest BCUT2D eigenvalue weighted by Crippen LogP contribution is 2.20. The van der Waals surface area contributed by atoms with Gasteiger partial charge < -0.3 is 19.7 Å². The van der Waals surface area contributed by atoms with E-state index in [1.54, 1.807) is 12.1 Å². The zero-order chi connectivity index (χ0) is 26.9. The molecule has 3 aromatic rings. The largest absolute Gasteiger partial charge is 0.469 e. The number of nitrogens with zero attached hydrogens (tertiary/aromatic N) is 2. The van der Waals surface area contributed by atoms with Crippen LogP contribution in [0.4, 0.5) is 24.2 Å². The van der Waals surface area contributed by atoms with Gasteiger partial charge in [-0.25, -0.2) is 23.4 Å². The topological polar surface area (TPSA) is 110 Å². The van der Waals surface area contributed by atoms with Crippen molar-refractivity contribution in [1.82, 2.24) is 15.2 Å². The Kier molecular flexibility index (Phi) is 9.56. The molecule has 0 spiro atoms. The highest BCUT2D eigenvalue weighted by atomic mass is 35.5. The first-order valence-corrected chi connectivity index (χ1v) is 11.5. The van der Waals surface area contributed by atoms with Crippen molar-refractivity contribution in [2.45, 2.75) is 25.4 Å². The molecule has 3 amide bonds. The smallest absolute Gasteiger partial charge is 0.412 e. The number of carbonyl (C=O) groups excluding carboxylic acids is 3. The Bertz CT molecular complexity index is 1290. The number of rotatable bonds is 9. The summed E-state index contributed by atoms with van der Waals surface area (Å²) >= 11 is 5.93. The molecule has 0 aliphatic carbocycles. The van der Waals surface area contributed by atoms with Gasteiger partial charge in [0.1, 0.15) is 24.1 Å². The maximum atomic E-state index is 13.7. The van der Waals surface area contributed by atoms with Gasteiger partial charge >= 0.3 is 18.1 Å². The number of pyridine rings is 1. The molecule has 37 heavy (non-hydrogen) atoms. The molecular weight excluding hydrogens is 510 g/mol. The number of carbonyl (C=O) groups is 3. The quantitative estimate of drug-likeness (QED) is 0.379. The number of ether oxygens (including phenoxy) is 2. The van der Waals surface area contributed by atoms with Crippen molar-refractivity contribution >= 4 is 46.3 Å². The summed E-state index contributed by atoms with van der Waals surface area (Å²) in [6, 6.07) is 8.66. The van der Waals surface area contributed by atoms with Gasteiger partial charge in [0.15, 0.2) is 0 Å². The molecule has 0 saturated heterocycles. The van der Waals surface area contributed by atoms with Gasteiger partial charge in [-0.2, -0.15) is 0 Å². The third-order valence-corrected chi connectivity index (χ3v) is 5.98. The summed E-state index contributed by atoms with van der Waals surface area (Å²) in [5.74, 6) is -1.39. The minimum Gasteiger partial charge on any atom is -0.469 e. The second kappa shape index (κ2) is 12.8. The Morgan fingerprint density at radius 3 is 2.68 bits per heavy atom. The average molecular weight is 535 g/mol. The lowest BCUT2D eigenvalue weighted by Crippen LogP contribution is -2.46. The van der Waals surface area contributed by atoms with Crippen molar-refractivity contribution in [3.8, 4) is 0 Å². The number of aromatic nitrogens is 1. The predicted octanol–water partition coefficient (Wildman–Crippen LogP) is 4.88. The van der Waals surface area contributed by atoms with Gasteiger partial charge in [0, 0.05) is 31.6 Å². The molecule has 0 radical (unpaired) electrons. The van der Waals surface area contributed by atoms with Crippen LogP contribution in [0.15, 0.2) is 48.7 Å². The Labute approximate surface area is 216 Å².